The van der Waals surface area contributed by atoms with Crippen molar-refractivity contribution in [3.05, 3.63) is 97.8 Å². The van der Waals surface area contributed by atoms with E-state index in [0.29, 0.717) is 10.4 Å². The predicted molar refractivity (Wildman–Crippen MR) is 139 cm³/mol. The van der Waals surface area contributed by atoms with Crippen molar-refractivity contribution in [2.24, 2.45) is 0 Å². The van der Waals surface area contributed by atoms with Crippen molar-refractivity contribution in [3.63, 3.8) is 0 Å². The molecule has 1 saturated heterocycles. The fourth-order valence-electron chi connectivity index (χ4n) is 3.55. The number of hydrazine groups is 1. The van der Waals surface area contributed by atoms with Crippen molar-refractivity contribution in [2.45, 2.75) is 11.9 Å². The summed E-state index contributed by atoms with van der Waals surface area (Å²) in [6.45, 7) is -0.0617. The van der Waals surface area contributed by atoms with Gasteiger partial charge >= 0.3 is 0 Å². The van der Waals surface area contributed by atoms with Crippen LogP contribution in [0.4, 0.5) is 0 Å². The molecule has 0 saturated carbocycles. The second-order valence-electron chi connectivity index (χ2n) is 7.53. The van der Waals surface area contributed by atoms with Gasteiger partial charge in [0, 0.05) is 8.95 Å². The first-order valence-corrected chi connectivity index (χ1v) is 12.8. The number of carbonyl (C=O) groups is 2. The van der Waals surface area contributed by atoms with Crippen molar-refractivity contribution >= 4 is 72.5 Å². The number of aromatic nitrogens is 3. The number of thioether (sulfide) groups is 1. The van der Waals surface area contributed by atoms with E-state index in [1.165, 1.54) is 21.5 Å². The first-order chi connectivity index (χ1) is 16.5. The zero-order chi connectivity index (χ0) is 23.7. The molecule has 0 spiro atoms. The Balaban J connectivity index is 1.42. The lowest BCUT2D eigenvalue weighted by Crippen LogP contribution is -2.45. The van der Waals surface area contributed by atoms with Gasteiger partial charge in [0.1, 0.15) is 17.4 Å². The van der Waals surface area contributed by atoms with Gasteiger partial charge in [0.25, 0.3) is 11.8 Å². The van der Waals surface area contributed by atoms with Gasteiger partial charge < -0.3 is 0 Å². The van der Waals surface area contributed by atoms with E-state index in [9.17, 15) is 9.59 Å². The Bertz CT molecular complexity index is 1400. The van der Waals surface area contributed by atoms with Gasteiger partial charge in [-0.05, 0) is 53.6 Å². The number of carbonyl (C=O) groups excluding carboxylic acids is 2. The molecule has 170 valence electrons. The minimum absolute atomic E-state index is 0.0617. The molecule has 1 unspecified atom stereocenters. The van der Waals surface area contributed by atoms with Crippen molar-refractivity contribution < 1.29 is 9.59 Å². The van der Waals surface area contributed by atoms with Gasteiger partial charge in [-0.1, -0.05) is 85.2 Å². The number of halogens is 2. The van der Waals surface area contributed by atoms with Crippen LogP contribution >= 0.6 is 43.6 Å². The number of rotatable bonds is 5. The molecule has 1 aliphatic rings. The van der Waals surface area contributed by atoms with Gasteiger partial charge in [0.15, 0.2) is 0 Å². The number of nitrogens with one attached hydrogen (secondary N) is 1. The minimum atomic E-state index is -0.404. The number of nitrogens with zero attached hydrogens (tertiary/aromatic N) is 4. The topological polar surface area (TPSA) is 80.1 Å². The van der Waals surface area contributed by atoms with Crippen LogP contribution in [0.1, 0.15) is 16.5 Å². The zero-order valence-corrected chi connectivity index (χ0v) is 21.5. The zero-order valence-electron chi connectivity index (χ0n) is 17.6. The number of fused-ring (bicyclic) bond motifs is 1. The number of benzene rings is 3. The summed E-state index contributed by atoms with van der Waals surface area (Å²) in [6, 6.07) is 22.8. The number of amides is 2. The number of para-hydroxylation sites is 1. The number of hydrogen-bond donors (Lipinski definition) is 1. The molecule has 3 aromatic carbocycles. The lowest BCUT2D eigenvalue weighted by Gasteiger charge is -2.24. The molecule has 7 nitrogen and oxygen atoms in total. The van der Waals surface area contributed by atoms with E-state index in [2.05, 4.69) is 47.6 Å². The smallest absolute Gasteiger partial charge is 0.271 e. The molecule has 2 amide bonds. The van der Waals surface area contributed by atoms with Crippen LogP contribution in [0.25, 0.3) is 17.1 Å². The monoisotopic (exact) mass is 597 g/mol. The summed E-state index contributed by atoms with van der Waals surface area (Å²) in [5.74, 6) is -0.630. The molecule has 1 N–H and O–H groups in total. The second kappa shape index (κ2) is 9.73. The van der Waals surface area contributed by atoms with Gasteiger partial charge in [-0.2, -0.15) is 0 Å². The van der Waals surface area contributed by atoms with Crippen LogP contribution in [0, 0.1) is 0 Å². The molecule has 1 fully saturated rings. The van der Waals surface area contributed by atoms with Gasteiger partial charge in [-0.15, -0.1) is 5.10 Å². The second-order valence-corrected chi connectivity index (χ2v) is 10.5. The number of hydrogen-bond acceptors (Lipinski definition) is 5. The molecule has 1 aromatic heterocycles. The molecule has 0 radical (unpaired) electrons. The maximum Gasteiger partial charge on any atom is 0.280 e. The van der Waals surface area contributed by atoms with Gasteiger partial charge in [-0.3, -0.25) is 15.0 Å². The van der Waals surface area contributed by atoms with Gasteiger partial charge in [0.05, 0.1) is 10.4 Å². The van der Waals surface area contributed by atoms with Crippen molar-refractivity contribution in [3.8, 4) is 0 Å². The van der Waals surface area contributed by atoms with Crippen LogP contribution in [-0.2, 0) is 16.1 Å². The highest BCUT2D eigenvalue weighted by atomic mass is 79.9. The first-order valence-electron chi connectivity index (χ1n) is 10.3. The SMILES string of the molecule is O=C(Cn1nnc2ccccc21)NN1C(=O)/C(=C/c2ccc(Br)cc2)SC1c1ccc(Br)cc1. The van der Waals surface area contributed by atoms with Crippen molar-refractivity contribution in [1.82, 2.24) is 25.4 Å². The molecule has 34 heavy (non-hydrogen) atoms. The third-order valence-electron chi connectivity index (χ3n) is 5.18. The summed E-state index contributed by atoms with van der Waals surface area (Å²) < 4.78 is 3.41. The van der Waals surface area contributed by atoms with Crippen molar-refractivity contribution in [2.75, 3.05) is 0 Å². The highest BCUT2D eigenvalue weighted by Crippen LogP contribution is 2.45. The van der Waals surface area contributed by atoms with E-state index in [-0.39, 0.29) is 18.4 Å². The van der Waals surface area contributed by atoms with Crippen LogP contribution < -0.4 is 5.43 Å². The molecular weight excluding hydrogens is 582 g/mol. The quantitative estimate of drug-likeness (QED) is 0.315. The fraction of sp³-hybridized carbons (Fsp3) is 0.0833. The molecule has 1 atom stereocenters. The Morgan fingerprint density at radius 1 is 1.00 bits per heavy atom. The Hall–Kier alpha value is -2.95. The lowest BCUT2D eigenvalue weighted by molar-refractivity contribution is -0.138. The molecule has 0 aliphatic carbocycles. The standard InChI is InChI=1S/C24H17Br2N5O2S/c25-17-9-5-15(6-10-17)13-21-23(33)31(24(34-21)16-7-11-18(26)12-8-16)28-22(32)14-30-20-4-2-1-3-19(20)27-29-30/h1-13,24H,14H2,(H,28,32)/b21-13-. The Kier molecular flexibility index (Phi) is 6.53. The van der Waals surface area contributed by atoms with E-state index >= 15 is 0 Å². The normalized spacial score (nSPS) is 17.0. The third kappa shape index (κ3) is 4.79. The first kappa shape index (κ1) is 22.8. The maximum atomic E-state index is 13.3. The average Bonchev–Trinajstić information content (AvgIpc) is 3.37. The Labute approximate surface area is 216 Å². The van der Waals surface area contributed by atoms with Gasteiger partial charge in [-0.25, -0.2) is 9.69 Å². The summed E-state index contributed by atoms with van der Waals surface area (Å²) in [5.41, 5.74) is 6.04. The van der Waals surface area contributed by atoms with E-state index in [1.54, 1.807) is 0 Å². The fourth-order valence-corrected chi connectivity index (χ4v) is 5.27. The van der Waals surface area contributed by atoms with E-state index in [1.807, 2.05) is 78.9 Å². The largest absolute Gasteiger partial charge is 0.280 e. The summed E-state index contributed by atoms with van der Waals surface area (Å²) in [6.07, 6.45) is 1.84. The third-order valence-corrected chi connectivity index (χ3v) is 7.49. The summed E-state index contributed by atoms with van der Waals surface area (Å²) >= 11 is 8.27. The molecule has 4 aromatic rings. The molecular formula is C24H17Br2N5O2S. The summed E-state index contributed by atoms with van der Waals surface area (Å²) in [5, 5.41) is 9.14. The lowest BCUT2D eigenvalue weighted by atomic mass is 10.2. The van der Waals surface area contributed by atoms with E-state index in [0.717, 1.165) is 25.6 Å². The summed E-state index contributed by atoms with van der Waals surface area (Å²) in [4.78, 5) is 26.8. The average molecular weight is 599 g/mol. The molecule has 10 heteroatoms. The van der Waals surface area contributed by atoms with Crippen LogP contribution in [0.3, 0.4) is 0 Å². The van der Waals surface area contributed by atoms with Crippen LogP contribution in [0.5, 0.6) is 0 Å². The maximum absolute atomic E-state index is 13.3. The molecule has 0 bridgehead atoms. The van der Waals surface area contributed by atoms with E-state index < -0.39 is 5.37 Å². The highest BCUT2D eigenvalue weighted by molar-refractivity contribution is 9.10. The highest BCUT2D eigenvalue weighted by Gasteiger charge is 2.38. The van der Waals surface area contributed by atoms with E-state index in [4.69, 9.17) is 0 Å². The van der Waals surface area contributed by atoms with Crippen LogP contribution in [0.2, 0.25) is 0 Å². The minimum Gasteiger partial charge on any atom is -0.271 e. The Morgan fingerprint density at radius 2 is 1.68 bits per heavy atom. The van der Waals surface area contributed by atoms with Crippen molar-refractivity contribution in [1.29, 1.82) is 0 Å². The van der Waals surface area contributed by atoms with Crippen LogP contribution in [0.15, 0.2) is 86.6 Å². The van der Waals surface area contributed by atoms with Crippen LogP contribution in [-0.4, -0.2) is 31.8 Å². The summed E-state index contributed by atoms with van der Waals surface area (Å²) in [7, 11) is 0. The molecule has 1 aliphatic heterocycles. The molecule has 5 rings (SSSR count). The molecule has 2 heterocycles. The predicted octanol–water partition coefficient (Wildman–Crippen LogP) is 5.30. The van der Waals surface area contributed by atoms with Gasteiger partial charge in [0.2, 0.25) is 0 Å². The Morgan fingerprint density at radius 3 is 2.41 bits per heavy atom.